The van der Waals surface area contributed by atoms with Gasteiger partial charge in [-0.15, -0.1) is 12.4 Å². The van der Waals surface area contributed by atoms with Gasteiger partial charge in [0.25, 0.3) is 0 Å². The van der Waals surface area contributed by atoms with Gasteiger partial charge in [-0.05, 0) is 31.0 Å². The Labute approximate surface area is 134 Å². The third kappa shape index (κ3) is 3.77. The normalized spacial score (nSPS) is 17.1. The maximum Gasteiger partial charge on any atom is 0.232 e. The largest absolute Gasteiger partial charge is 0.381 e. The maximum absolute atomic E-state index is 12.4. The number of anilines is 1. The molecule has 1 aliphatic rings. The number of nitrogens with two attached hydrogens (primary N) is 1. The summed E-state index contributed by atoms with van der Waals surface area (Å²) in [6, 6.07) is 5.00. The minimum absolute atomic E-state index is 0. The Kier molecular flexibility index (Phi) is 6.55. The molecular formula is C13H17Cl3N2O2. The predicted molar refractivity (Wildman–Crippen MR) is 83.9 cm³/mol. The highest BCUT2D eigenvalue weighted by Crippen LogP contribution is 2.32. The number of halogens is 3. The van der Waals surface area contributed by atoms with Crippen molar-refractivity contribution < 1.29 is 9.53 Å². The fourth-order valence-corrected chi connectivity index (χ4v) is 2.42. The maximum atomic E-state index is 12.4. The van der Waals surface area contributed by atoms with Crippen LogP contribution in [0.4, 0.5) is 5.69 Å². The first kappa shape index (κ1) is 17.5. The van der Waals surface area contributed by atoms with Gasteiger partial charge in [-0.3, -0.25) is 4.79 Å². The van der Waals surface area contributed by atoms with E-state index in [1.807, 2.05) is 0 Å². The first-order valence-corrected chi connectivity index (χ1v) is 6.87. The minimum Gasteiger partial charge on any atom is -0.381 e. The Balaban J connectivity index is 0.00000200. The monoisotopic (exact) mass is 338 g/mol. The zero-order valence-electron chi connectivity index (χ0n) is 10.8. The van der Waals surface area contributed by atoms with Crippen LogP contribution in [0.15, 0.2) is 18.2 Å². The summed E-state index contributed by atoms with van der Waals surface area (Å²) in [4.78, 5) is 12.4. The van der Waals surface area contributed by atoms with E-state index in [1.165, 1.54) is 0 Å². The Morgan fingerprint density at radius 1 is 1.30 bits per heavy atom. The molecule has 4 nitrogen and oxygen atoms in total. The lowest BCUT2D eigenvalue weighted by atomic mass is 9.79. The second-order valence-electron chi connectivity index (χ2n) is 4.68. The molecule has 112 valence electrons. The van der Waals surface area contributed by atoms with Gasteiger partial charge < -0.3 is 15.8 Å². The molecular weight excluding hydrogens is 323 g/mol. The minimum atomic E-state index is -0.551. The summed E-state index contributed by atoms with van der Waals surface area (Å²) in [6.45, 7) is 1.43. The van der Waals surface area contributed by atoms with Crippen molar-refractivity contribution >= 4 is 47.2 Å². The lowest BCUT2D eigenvalue weighted by molar-refractivity contribution is -0.130. The Morgan fingerprint density at radius 3 is 2.50 bits per heavy atom. The van der Waals surface area contributed by atoms with E-state index >= 15 is 0 Å². The highest BCUT2D eigenvalue weighted by atomic mass is 35.5. The molecule has 1 aliphatic heterocycles. The lowest BCUT2D eigenvalue weighted by Crippen LogP contribution is -2.46. The molecule has 0 atom stereocenters. The van der Waals surface area contributed by atoms with Gasteiger partial charge >= 0.3 is 0 Å². The molecule has 0 bridgehead atoms. The molecule has 1 aromatic carbocycles. The van der Waals surface area contributed by atoms with Crippen LogP contribution in [0, 0.1) is 5.41 Å². The van der Waals surface area contributed by atoms with Gasteiger partial charge in [0.15, 0.2) is 0 Å². The predicted octanol–water partition coefficient (Wildman–Crippen LogP) is 3.11. The number of amides is 1. The zero-order chi connectivity index (χ0) is 13.9. The second-order valence-corrected chi connectivity index (χ2v) is 5.49. The topological polar surface area (TPSA) is 64.4 Å². The van der Waals surface area contributed by atoms with E-state index < -0.39 is 5.41 Å². The van der Waals surface area contributed by atoms with Gasteiger partial charge in [0, 0.05) is 25.4 Å². The molecule has 3 N–H and O–H groups in total. The van der Waals surface area contributed by atoms with Crippen LogP contribution in [-0.4, -0.2) is 25.7 Å². The van der Waals surface area contributed by atoms with Crippen LogP contribution >= 0.6 is 35.6 Å². The van der Waals surface area contributed by atoms with Crippen molar-refractivity contribution in [2.45, 2.75) is 12.8 Å². The number of ether oxygens (including phenoxy) is 1. The van der Waals surface area contributed by atoms with Crippen molar-refractivity contribution in [3.05, 3.63) is 28.2 Å². The molecule has 0 spiro atoms. The molecule has 1 saturated heterocycles. The number of carbonyl (C=O) groups excluding carboxylic acids is 1. The second kappa shape index (κ2) is 7.48. The highest BCUT2D eigenvalue weighted by Gasteiger charge is 2.38. The van der Waals surface area contributed by atoms with Gasteiger partial charge in [-0.25, -0.2) is 0 Å². The summed E-state index contributed by atoms with van der Waals surface area (Å²) in [5, 5.41) is 3.72. The van der Waals surface area contributed by atoms with E-state index in [2.05, 4.69) is 5.32 Å². The van der Waals surface area contributed by atoms with E-state index in [9.17, 15) is 4.79 Å². The smallest absolute Gasteiger partial charge is 0.232 e. The number of nitrogens with one attached hydrogen (secondary N) is 1. The van der Waals surface area contributed by atoms with Crippen molar-refractivity contribution in [1.82, 2.24) is 0 Å². The van der Waals surface area contributed by atoms with Crippen molar-refractivity contribution in [1.29, 1.82) is 0 Å². The van der Waals surface area contributed by atoms with Crippen molar-refractivity contribution in [3.8, 4) is 0 Å². The van der Waals surface area contributed by atoms with E-state index in [-0.39, 0.29) is 18.3 Å². The van der Waals surface area contributed by atoms with Crippen LogP contribution in [0.2, 0.25) is 10.0 Å². The summed E-state index contributed by atoms with van der Waals surface area (Å²) < 4.78 is 5.29. The number of carbonyl (C=O) groups is 1. The molecule has 1 amide bonds. The Morgan fingerprint density at radius 2 is 1.95 bits per heavy atom. The van der Waals surface area contributed by atoms with E-state index in [1.54, 1.807) is 18.2 Å². The molecule has 0 unspecified atom stereocenters. The molecule has 7 heteroatoms. The van der Waals surface area contributed by atoms with Gasteiger partial charge in [-0.1, -0.05) is 23.2 Å². The SMILES string of the molecule is Cl.NCC1(C(=O)Nc2ccc(Cl)c(Cl)c2)CCOCC1. The van der Waals surface area contributed by atoms with E-state index in [4.69, 9.17) is 33.7 Å². The fourth-order valence-electron chi connectivity index (χ4n) is 2.12. The molecule has 0 aliphatic carbocycles. The van der Waals surface area contributed by atoms with Crippen molar-refractivity contribution in [2.24, 2.45) is 11.1 Å². The number of hydrogen-bond donors (Lipinski definition) is 2. The van der Waals surface area contributed by atoms with Crippen molar-refractivity contribution in [3.63, 3.8) is 0 Å². The molecule has 0 aromatic heterocycles. The summed E-state index contributed by atoms with van der Waals surface area (Å²) in [5.41, 5.74) is 5.86. The number of rotatable bonds is 3. The van der Waals surface area contributed by atoms with Crippen LogP contribution in [-0.2, 0) is 9.53 Å². The third-order valence-electron chi connectivity index (χ3n) is 3.50. The molecule has 20 heavy (non-hydrogen) atoms. The Bertz CT molecular complexity index is 477. The van der Waals surface area contributed by atoms with Crippen molar-refractivity contribution in [2.75, 3.05) is 25.1 Å². The Hall–Kier alpha value is -0.520. The van der Waals surface area contributed by atoms with Gasteiger partial charge in [0.1, 0.15) is 0 Å². The van der Waals surface area contributed by atoms with Gasteiger partial charge in [-0.2, -0.15) is 0 Å². The average Bonchev–Trinajstić information content (AvgIpc) is 2.43. The van der Waals surface area contributed by atoms with Crippen LogP contribution in [0.3, 0.4) is 0 Å². The molecule has 1 fully saturated rings. The summed E-state index contributed by atoms with van der Waals surface area (Å²) in [6.07, 6.45) is 1.27. The molecule has 0 saturated carbocycles. The summed E-state index contributed by atoms with van der Waals surface area (Å²) >= 11 is 11.8. The van der Waals surface area contributed by atoms with Crippen LogP contribution in [0.5, 0.6) is 0 Å². The quantitative estimate of drug-likeness (QED) is 0.889. The van der Waals surface area contributed by atoms with E-state index in [0.717, 1.165) is 0 Å². The zero-order valence-corrected chi connectivity index (χ0v) is 13.2. The van der Waals surface area contributed by atoms with Gasteiger partial charge in [0.05, 0.1) is 15.5 Å². The van der Waals surface area contributed by atoms with E-state index in [0.29, 0.717) is 48.3 Å². The third-order valence-corrected chi connectivity index (χ3v) is 4.24. The average molecular weight is 340 g/mol. The molecule has 0 radical (unpaired) electrons. The first-order valence-electron chi connectivity index (χ1n) is 6.12. The summed E-state index contributed by atoms with van der Waals surface area (Å²) in [5.74, 6) is -0.0864. The van der Waals surface area contributed by atoms with Crippen LogP contribution in [0.25, 0.3) is 0 Å². The summed E-state index contributed by atoms with van der Waals surface area (Å²) in [7, 11) is 0. The van der Waals surface area contributed by atoms with Gasteiger partial charge in [0.2, 0.25) is 5.91 Å². The number of benzene rings is 1. The van der Waals surface area contributed by atoms with Crippen LogP contribution < -0.4 is 11.1 Å². The fraction of sp³-hybridized carbons (Fsp3) is 0.462. The molecule has 2 rings (SSSR count). The molecule has 1 aromatic rings. The molecule has 1 heterocycles. The highest BCUT2D eigenvalue weighted by molar-refractivity contribution is 6.42. The van der Waals surface area contributed by atoms with Crippen LogP contribution in [0.1, 0.15) is 12.8 Å². The number of hydrogen-bond acceptors (Lipinski definition) is 3. The standard InChI is InChI=1S/C13H16Cl2N2O2.ClH/c14-10-2-1-9(7-11(10)15)17-12(18)13(8-16)3-5-19-6-4-13;/h1-2,7H,3-6,8,16H2,(H,17,18);1H. The first-order chi connectivity index (χ1) is 9.07. The lowest BCUT2D eigenvalue weighted by Gasteiger charge is -2.34.